The summed E-state index contributed by atoms with van der Waals surface area (Å²) < 4.78 is 4.69. The Morgan fingerprint density at radius 1 is 1.42 bits per heavy atom. The van der Waals surface area contributed by atoms with Crippen LogP contribution in [0.4, 0.5) is 5.69 Å². The van der Waals surface area contributed by atoms with Crippen molar-refractivity contribution in [3.63, 3.8) is 0 Å². The fraction of sp³-hybridized carbons (Fsp3) is 0.100. The van der Waals surface area contributed by atoms with Crippen molar-refractivity contribution in [1.29, 1.82) is 0 Å². The maximum atomic E-state index is 11.1. The molecule has 0 radical (unpaired) electrons. The molecule has 0 saturated heterocycles. The van der Waals surface area contributed by atoms with Gasteiger partial charge in [-0.3, -0.25) is 20.3 Å². The number of nitrogens with zero attached hydrogens (tertiary/aromatic N) is 3. The number of carbonyl (C=O) groups excluding carboxylic acids is 1. The summed E-state index contributed by atoms with van der Waals surface area (Å²) in [6, 6.07) is 5.92. The average molecular weight is 263 g/mol. The first-order valence-electron chi connectivity index (χ1n) is 5.17. The molecular formula is C10H9N5O4. The summed E-state index contributed by atoms with van der Waals surface area (Å²) in [4.78, 5) is 24.9. The third kappa shape index (κ3) is 2.90. The van der Waals surface area contributed by atoms with Crippen molar-refractivity contribution in [2.24, 2.45) is 5.84 Å². The highest BCUT2D eigenvalue weighted by molar-refractivity contribution is 5.88. The Kier molecular flexibility index (Phi) is 3.48. The molecule has 9 heteroatoms. The molecule has 0 unspecified atom stereocenters. The first-order valence-corrected chi connectivity index (χ1v) is 5.17. The molecular weight excluding hydrogens is 254 g/mol. The summed E-state index contributed by atoms with van der Waals surface area (Å²) in [7, 11) is 0. The van der Waals surface area contributed by atoms with Crippen molar-refractivity contribution in [2.45, 2.75) is 6.42 Å². The maximum absolute atomic E-state index is 11.1. The van der Waals surface area contributed by atoms with Crippen LogP contribution in [0.3, 0.4) is 0 Å². The van der Waals surface area contributed by atoms with Gasteiger partial charge >= 0.3 is 11.8 Å². The molecule has 1 aromatic carbocycles. The van der Waals surface area contributed by atoms with Gasteiger partial charge in [0.25, 0.3) is 5.69 Å². The number of carbonyl (C=O) groups is 1. The number of aromatic nitrogens is 2. The number of benzene rings is 1. The summed E-state index contributed by atoms with van der Waals surface area (Å²) in [6.45, 7) is 0. The number of hydrogen-bond acceptors (Lipinski definition) is 7. The van der Waals surface area contributed by atoms with E-state index in [1.165, 1.54) is 12.1 Å². The zero-order chi connectivity index (χ0) is 13.8. The molecule has 9 nitrogen and oxygen atoms in total. The molecule has 0 saturated carbocycles. The molecule has 98 valence electrons. The lowest BCUT2D eigenvalue weighted by Crippen LogP contribution is -2.30. The van der Waals surface area contributed by atoms with Crippen LogP contribution in [0, 0.1) is 10.1 Å². The van der Waals surface area contributed by atoms with Crippen LogP contribution in [-0.2, 0) is 6.42 Å². The highest BCUT2D eigenvalue weighted by Gasteiger charge is 2.14. The van der Waals surface area contributed by atoms with Gasteiger partial charge in [0.2, 0.25) is 0 Å². The lowest BCUT2D eigenvalue weighted by atomic mass is 10.1. The minimum Gasteiger partial charge on any atom is -0.328 e. The summed E-state index contributed by atoms with van der Waals surface area (Å²) in [6.07, 6.45) is 0.291. The molecule has 19 heavy (non-hydrogen) atoms. The number of hydrogen-bond donors (Lipinski definition) is 2. The monoisotopic (exact) mass is 263 g/mol. The molecule has 1 heterocycles. The van der Waals surface area contributed by atoms with E-state index in [9.17, 15) is 14.9 Å². The Balaban J connectivity index is 2.10. The van der Waals surface area contributed by atoms with E-state index in [2.05, 4.69) is 10.1 Å². The van der Waals surface area contributed by atoms with Crippen LogP contribution in [0.1, 0.15) is 22.1 Å². The largest absolute Gasteiger partial charge is 0.328 e. The molecule has 0 aliphatic rings. The molecule has 0 spiro atoms. The van der Waals surface area contributed by atoms with Gasteiger partial charge in [0.15, 0.2) is 5.82 Å². The van der Waals surface area contributed by atoms with Crippen LogP contribution < -0.4 is 11.3 Å². The third-order valence-corrected chi connectivity index (χ3v) is 2.30. The molecule has 2 aromatic rings. The van der Waals surface area contributed by atoms with Gasteiger partial charge in [-0.1, -0.05) is 17.3 Å². The van der Waals surface area contributed by atoms with Crippen molar-refractivity contribution in [3.05, 3.63) is 51.7 Å². The normalized spacial score (nSPS) is 10.2. The second kappa shape index (κ2) is 5.23. The number of non-ortho nitro benzene ring substituents is 1. The number of hydrazine groups is 1. The lowest BCUT2D eigenvalue weighted by Gasteiger charge is -1.96. The Morgan fingerprint density at radius 3 is 2.68 bits per heavy atom. The molecule has 2 rings (SSSR count). The standard InChI is InChI=1S/C10H9N5O4/c11-13-9(16)10-12-8(14-19-10)5-6-1-3-7(4-2-6)15(17)18/h1-4H,5,11H2,(H,13,16). The van der Waals surface area contributed by atoms with Crippen LogP contribution in [0.15, 0.2) is 28.8 Å². The first-order chi connectivity index (χ1) is 9.10. The Morgan fingerprint density at radius 2 is 2.11 bits per heavy atom. The number of nitro benzene ring substituents is 1. The molecule has 0 bridgehead atoms. The molecule has 0 aliphatic carbocycles. The third-order valence-electron chi connectivity index (χ3n) is 2.30. The number of nitro groups is 1. The molecule has 3 N–H and O–H groups in total. The van der Waals surface area contributed by atoms with Gasteiger partial charge < -0.3 is 4.52 Å². The summed E-state index contributed by atoms with van der Waals surface area (Å²) in [5.41, 5.74) is 2.62. The zero-order valence-corrected chi connectivity index (χ0v) is 9.57. The fourth-order valence-electron chi connectivity index (χ4n) is 1.40. The van der Waals surface area contributed by atoms with Gasteiger partial charge in [0.1, 0.15) is 0 Å². The quantitative estimate of drug-likeness (QED) is 0.347. The van der Waals surface area contributed by atoms with Crippen molar-refractivity contribution in [3.8, 4) is 0 Å². The van der Waals surface area contributed by atoms with Crippen molar-refractivity contribution >= 4 is 11.6 Å². The fourth-order valence-corrected chi connectivity index (χ4v) is 1.40. The average Bonchev–Trinajstić information content (AvgIpc) is 2.87. The second-order valence-corrected chi connectivity index (χ2v) is 3.59. The summed E-state index contributed by atoms with van der Waals surface area (Å²) in [5.74, 6) is 4.29. The predicted molar refractivity (Wildman–Crippen MR) is 61.9 cm³/mol. The topological polar surface area (TPSA) is 137 Å². The highest BCUT2D eigenvalue weighted by Crippen LogP contribution is 2.14. The highest BCUT2D eigenvalue weighted by atomic mass is 16.6. The van der Waals surface area contributed by atoms with E-state index >= 15 is 0 Å². The number of nitrogens with one attached hydrogen (secondary N) is 1. The predicted octanol–water partition coefficient (Wildman–Crippen LogP) is 0.172. The van der Waals surface area contributed by atoms with Crippen molar-refractivity contribution < 1.29 is 14.2 Å². The number of rotatable bonds is 4. The van der Waals surface area contributed by atoms with E-state index in [0.717, 1.165) is 5.56 Å². The van der Waals surface area contributed by atoms with Gasteiger partial charge in [0.05, 0.1) is 4.92 Å². The molecule has 1 aromatic heterocycles. The van der Waals surface area contributed by atoms with E-state index in [1.807, 2.05) is 5.43 Å². The van der Waals surface area contributed by atoms with Gasteiger partial charge in [0, 0.05) is 18.6 Å². The summed E-state index contributed by atoms with van der Waals surface area (Å²) in [5, 5.41) is 14.1. The van der Waals surface area contributed by atoms with Crippen LogP contribution in [0.5, 0.6) is 0 Å². The maximum Gasteiger partial charge on any atom is 0.323 e. The zero-order valence-electron chi connectivity index (χ0n) is 9.57. The van der Waals surface area contributed by atoms with E-state index in [4.69, 9.17) is 10.4 Å². The van der Waals surface area contributed by atoms with E-state index in [-0.39, 0.29) is 17.4 Å². The van der Waals surface area contributed by atoms with Crippen LogP contribution in [0.25, 0.3) is 0 Å². The first kappa shape index (κ1) is 12.6. The van der Waals surface area contributed by atoms with Gasteiger partial charge in [-0.25, -0.2) is 5.84 Å². The Bertz CT molecular complexity index is 607. The minimum absolute atomic E-state index is 0.0000561. The van der Waals surface area contributed by atoms with Gasteiger partial charge in [-0.05, 0) is 5.56 Å². The molecule has 1 amide bonds. The number of amides is 1. The van der Waals surface area contributed by atoms with E-state index < -0.39 is 10.8 Å². The number of nitrogens with two attached hydrogens (primary N) is 1. The minimum atomic E-state index is -0.678. The molecule has 0 fully saturated rings. The van der Waals surface area contributed by atoms with Crippen molar-refractivity contribution in [2.75, 3.05) is 0 Å². The van der Waals surface area contributed by atoms with Crippen molar-refractivity contribution in [1.82, 2.24) is 15.6 Å². The second-order valence-electron chi connectivity index (χ2n) is 3.59. The van der Waals surface area contributed by atoms with Gasteiger partial charge in [-0.15, -0.1) is 0 Å². The van der Waals surface area contributed by atoms with E-state index in [0.29, 0.717) is 6.42 Å². The molecule has 0 atom stereocenters. The van der Waals surface area contributed by atoms with Crippen LogP contribution >= 0.6 is 0 Å². The Hall–Kier alpha value is -2.81. The van der Waals surface area contributed by atoms with Crippen LogP contribution in [-0.4, -0.2) is 21.0 Å². The Labute approximate surface area is 106 Å². The van der Waals surface area contributed by atoms with Gasteiger partial charge in [-0.2, -0.15) is 4.98 Å². The van der Waals surface area contributed by atoms with Crippen LogP contribution in [0.2, 0.25) is 0 Å². The lowest BCUT2D eigenvalue weighted by molar-refractivity contribution is -0.384. The smallest absolute Gasteiger partial charge is 0.323 e. The van der Waals surface area contributed by atoms with E-state index in [1.54, 1.807) is 12.1 Å². The SMILES string of the molecule is NNC(=O)c1nc(Cc2ccc([N+](=O)[O-])cc2)no1. The molecule has 0 aliphatic heterocycles. The summed E-state index contributed by atoms with van der Waals surface area (Å²) >= 11 is 0. The number of nitrogen functional groups attached to an aromatic ring is 1.